The van der Waals surface area contributed by atoms with Crippen LogP contribution in [0.5, 0.6) is 0 Å². The second kappa shape index (κ2) is 6.05. The molecule has 0 heterocycles. The fraction of sp³-hybridized carbons (Fsp3) is 0.714. The lowest BCUT2D eigenvalue weighted by Gasteiger charge is -2.13. The number of hydrogen-bond donors (Lipinski definition) is 0. The highest BCUT2D eigenvalue weighted by Crippen LogP contribution is 1.95. The highest BCUT2D eigenvalue weighted by atomic mass is 32.2. The molecule has 0 atom stereocenters. The molecule has 0 aliphatic rings. The monoisotopic (exact) mass is 172 g/mol. The third-order valence-electron chi connectivity index (χ3n) is 1.25. The molecule has 0 N–H and O–H groups in total. The van der Waals surface area contributed by atoms with Crippen molar-refractivity contribution in [2.75, 3.05) is 25.6 Å². The van der Waals surface area contributed by atoms with Crippen molar-refractivity contribution in [3.63, 3.8) is 0 Å². The Balaban J connectivity index is 3.57. The van der Waals surface area contributed by atoms with Gasteiger partial charge in [-0.25, -0.2) is 0 Å². The maximum absolute atomic E-state index is 11.0. The number of amides is 1. The molecule has 0 aromatic rings. The summed E-state index contributed by atoms with van der Waals surface area (Å²) in [6.07, 6.45) is 2.30. The normalized spacial score (nSPS) is 8.82. The van der Waals surface area contributed by atoms with E-state index in [1.165, 1.54) is 11.8 Å². The quantitative estimate of drug-likeness (QED) is 0.627. The van der Waals surface area contributed by atoms with Crippen LogP contribution < -0.4 is 0 Å². The van der Waals surface area contributed by atoms with Gasteiger partial charge < -0.3 is 4.90 Å². The van der Waals surface area contributed by atoms with Gasteiger partial charge in [-0.15, -0.1) is 0 Å². The van der Waals surface area contributed by atoms with Crippen molar-refractivity contribution >= 4 is 17.7 Å². The van der Waals surface area contributed by atoms with E-state index in [0.717, 1.165) is 0 Å². The van der Waals surface area contributed by atoms with Gasteiger partial charge in [0.1, 0.15) is 0 Å². The molecule has 0 saturated heterocycles. The number of carbonyl (C=O) groups excluding carboxylic acids is 1. The van der Waals surface area contributed by atoms with E-state index in [1.54, 1.807) is 11.9 Å². The molecule has 0 unspecified atom stereocenters. The van der Waals surface area contributed by atoms with E-state index in [-0.39, 0.29) is 5.91 Å². The first-order valence-electron chi connectivity index (χ1n) is 3.32. The van der Waals surface area contributed by atoms with Gasteiger partial charge in [-0.05, 0) is 6.26 Å². The summed E-state index contributed by atoms with van der Waals surface area (Å²) in [5.41, 5.74) is 0. The van der Waals surface area contributed by atoms with E-state index < -0.39 is 0 Å². The van der Waals surface area contributed by atoms with E-state index in [0.29, 0.717) is 18.7 Å². The van der Waals surface area contributed by atoms with Crippen molar-refractivity contribution in [1.29, 1.82) is 5.26 Å². The molecule has 62 valence electrons. The van der Waals surface area contributed by atoms with Crippen molar-refractivity contribution in [2.24, 2.45) is 0 Å². The first-order valence-corrected chi connectivity index (χ1v) is 4.71. The SMILES string of the molecule is CSCC(=O)N(C)CCC#N. The minimum absolute atomic E-state index is 0.0905. The fourth-order valence-electron chi connectivity index (χ4n) is 0.576. The smallest absolute Gasteiger partial charge is 0.232 e. The molecular formula is C7H12N2OS. The van der Waals surface area contributed by atoms with E-state index in [9.17, 15) is 4.79 Å². The van der Waals surface area contributed by atoms with Gasteiger partial charge in [-0.1, -0.05) is 0 Å². The first-order chi connectivity index (χ1) is 5.22. The zero-order chi connectivity index (χ0) is 8.69. The summed E-state index contributed by atoms with van der Waals surface area (Å²) in [5.74, 6) is 0.592. The van der Waals surface area contributed by atoms with Gasteiger partial charge in [0.05, 0.1) is 18.2 Å². The van der Waals surface area contributed by atoms with Crippen LogP contribution in [-0.2, 0) is 4.79 Å². The van der Waals surface area contributed by atoms with Crippen LogP contribution >= 0.6 is 11.8 Å². The molecular weight excluding hydrogens is 160 g/mol. The molecule has 0 saturated carbocycles. The highest BCUT2D eigenvalue weighted by molar-refractivity contribution is 7.99. The van der Waals surface area contributed by atoms with Crippen LogP contribution in [0, 0.1) is 11.3 Å². The number of nitrogens with zero attached hydrogens (tertiary/aromatic N) is 2. The summed E-state index contributed by atoms with van der Waals surface area (Å²) in [5, 5.41) is 8.23. The minimum atomic E-state index is 0.0905. The van der Waals surface area contributed by atoms with Crippen LogP contribution in [0.2, 0.25) is 0 Å². The Morgan fingerprint density at radius 1 is 1.73 bits per heavy atom. The molecule has 1 amide bonds. The van der Waals surface area contributed by atoms with Crippen molar-refractivity contribution < 1.29 is 4.79 Å². The maximum atomic E-state index is 11.0. The third-order valence-corrected chi connectivity index (χ3v) is 1.79. The largest absolute Gasteiger partial charge is 0.344 e. The van der Waals surface area contributed by atoms with Gasteiger partial charge in [0.15, 0.2) is 0 Å². The predicted octanol–water partition coefficient (Wildman–Crippen LogP) is 0.721. The molecule has 3 nitrogen and oxygen atoms in total. The number of nitriles is 1. The molecule has 0 aliphatic heterocycles. The van der Waals surface area contributed by atoms with Gasteiger partial charge >= 0.3 is 0 Å². The van der Waals surface area contributed by atoms with Gasteiger partial charge in [0.2, 0.25) is 5.91 Å². The Bertz CT molecular complexity index is 164. The van der Waals surface area contributed by atoms with Crippen molar-refractivity contribution in [1.82, 2.24) is 4.90 Å². The van der Waals surface area contributed by atoms with Crippen molar-refractivity contribution in [3.8, 4) is 6.07 Å². The summed E-state index contributed by atoms with van der Waals surface area (Å²) < 4.78 is 0. The van der Waals surface area contributed by atoms with Gasteiger partial charge in [-0.3, -0.25) is 4.79 Å². The number of hydrogen-bond acceptors (Lipinski definition) is 3. The summed E-state index contributed by atoms with van der Waals surface area (Å²) in [6, 6.07) is 1.99. The summed E-state index contributed by atoms with van der Waals surface area (Å²) >= 11 is 1.50. The van der Waals surface area contributed by atoms with Crippen LogP contribution in [0.15, 0.2) is 0 Å². The lowest BCUT2D eigenvalue weighted by molar-refractivity contribution is -0.127. The average Bonchev–Trinajstić information content (AvgIpc) is 2.00. The molecule has 0 fully saturated rings. The van der Waals surface area contributed by atoms with E-state index in [1.807, 2.05) is 12.3 Å². The van der Waals surface area contributed by atoms with Crippen LogP contribution in [0.3, 0.4) is 0 Å². The number of carbonyl (C=O) groups is 1. The predicted molar refractivity (Wildman–Crippen MR) is 46.2 cm³/mol. The average molecular weight is 172 g/mol. The molecule has 0 spiro atoms. The first kappa shape index (κ1) is 10.3. The molecule has 11 heavy (non-hydrogen) atoms. The third kappa shape index (κ3) is 4.68. The van der Waals surface area contributed by atoms with E-state index in [4.69, 9.17) is 5.26 Å². The van der Waals surface area contributed by atoms with Crippen LogP contribution in [0.1, 0.15) is 6.42 Å². The summed E-state index contributed by atoms with van der Waals surface area (Å²) in [6.45, 7) is 0.538. The van der Waals surface area contributed by atoms with Gasteiger partial charge in [0, 0.05) is 13.6 Å². The molecule has 0 radical (unpaired) electrons. The van der Waals surface area contributed by atoms with Crippen molar-refractivity contribution in [3.05, 3.63) is 0 Å². The molecule has 0 aliphatic carbocycles. The molecule has 4 heteroatoms. The van der Waals surface area contributed by atoms with Crippen LogP contribution in [0.25, 0.3) is 0 Å². The van der Waals surface area contributed by atoms with E-state index >= 15 is 0 Å². The second-order valence-electron chi connectivity index (χ2n) is 2.16. The minimum Gasteiger partial charge on any atom is -0.344 e. The second-order valence-corrected chi connectivity index (χ2v) is 3.02. The molecule has 0 aromatic heterocycles. The van der Waals surface area contributed by atoms with Crippen LogP contribution in [0.4, 0.5) is 0 Å². The van der Waals surface area contributed by atoms with Gasteiger partial charge in [0.25, 0.3) is 0 Å². The van der Waals surface area contributed by atoms with Crippen molar-refractivity contribution in [2.45, 2.75) is 6.42 Å². The molecule has 0 bridgehead atoms. The Hall–Kier alpha value is -0.690. The summed E-state index contributed by atoms with van der Waals surface area (Å²) in [4.78, 5) is 12.6. The highest BCUT2D eigenvalue weighted by Gasteiger charge is 2.05. The Morgan fingerprint density at radius 3 is 2.82 bits per heavy atom. The topological polar surface area (TPSA) is 44.1 Å². The zero-order valence-electron chi connectivity index (χ0n) is 6.83. The fourth-order valence-corrected chi connectivity index (χ4v) is 1.04. The van der Waals surface area contributed by atoms with Crippen LogP contribution in [-0.4, -0.2) is 36.4 Å². The Morgan fingerprint density at radius 2 is 2.36 bits per heavy atom. The van der Waals surface area contributed by atoms with E-state index in [2.05, 4.69) is 0 Å². The number of rotatable bonds is 4. The summed E-state index contributed by atoms with van der Waals surface area (Å²) in [7, 11) is 1.72. The molecule has 0 aromatic carbocycles. The Labute approximate surface area is 71.4 Å². The lowest BCUT2D eigenvalue weighted by Crippen LogP contribution is -2.28. The maximum Gasteiger partial charge on any atom is 0.232 e. The zero-order valence-corrected chi connectivity index (χ0v) is 7.65. The standard InChI is InChI=1S/C7H12N2OS/c1-9(5-3-4-8)7(10)6-11-2/h3,5-6H2,1-2H3. The lowest BCUT2D eigenvalue weighted by atomic mass is 10.4. The Kier molecular flexibility index (Phi) is 5.67. The van der Waals surface area contributed by atoms with Gasteiger partial charge in [-0.2, -0.15) is 17.0 Å². The molecule has 0 rings (SSSR count). The number of thioether (sulfide) groups is 1.